The number of rotatable bonds is 4. The first-order chi connectivity index (χ1) is 15.3. The Labute approximate surface area is 193 Å². The molecule has 2 aliphatic rings. The molecule has 32 heavy (non-hydrogen) atoms. The molecule has 0 radical (unpaired) electrons. The van der Waals surface area contributed by atoms with Crippen molar-refractivity contribution in [1.29, 1.82) is 0 Å². The molecule has 0 saturated carbocycles. The number of morpholine rings is 1. The number of anilines is 2. The normalized spacial score (nSPS) is 18.2. The third-order valence-corrected chi connectivity index (χ3v) is 5.58. The lowest BCUT2D eigenvalue weighted by Crippen LogP contribution is -2.54. The van der Waals surface area contributed by atoms with Gasteiger partial charge in [0.05, 0.1) is 23.8 Å². The number of nitro benzene ring substituents is 1. The molecule has 2 heterocycles. The Hall–Kier alpha value is -3.34. The van der Waals surface area contributed by atoms with E-state index in [1.165, 1.54) is 17.0 Å². The number of carbonyl (C=O) groups is 2. The highest BCUT2D eigenvalue weighted by Crippen LogP contribution is 2.31. The number of thiocarbonyl (C=S) groups is 1. The first-order valence-electron chi connectivity index (χ1n) is 9.63. The lowest BCUT2D eigenvalue weighted by atomic mass is 10.1. The molecule has 0 aromatic heterocycles. The number of hydrogen-bond acceptors (Lipinski definition) is 7. The second kappa shape index (κ2) is 9.03. The highest BCUT2D eigenvalue weighted by molar-refractivity contribution is 7.80. The maximum Gasteiger partial charge on any atom is 0.293 e. The molecule has 2 aliphatic heterocycles. The Morgan fingerprint density at radius 3 is 2.47 bits per heavy atom. The van der Waals surface area contributed by atoms with Crippen LogP contribution in [0.3, 0.4) is 0 Å². The Morgan fingerprint density at radius 1 is 1.12 bits per heavy atom. The van der Waals surface area contributed by atoms with Gasteiger partial charge < -0.3 is 9.64 Å². The van der Waals surface area contributed by atoms with E-state index in [0.717, 1.165) is 0 Å². The molecule has 4 rings (SSSR count). The maximum atomic E-state index is 13.1. The largest absolute Gasteiger partial charge is 0.378 e. The zero-order valence-corrected chi connectivity index (χ0v) is 18.2. The molecule has 0 atom stereocenters. The predicted octanol–water partition coefficient (Wildman–Crippen LogP) is 2.92. The molecule has 0 bridgehead atoms. The van der Waals surface area contributed by atoms with Crippen LogP contribution in [-0.4, -0.2) is 48.2 Å². The van der Waals surface area contributed by atoms with Crippen LogP contribution >= 0.6 is 23.8 Å². The summed E-state index contributed by atoms with van der Waals surface area (Å²) in [6, 6.07) is 11.0. The zero-order valence-electron chi connectivity index (χ0n) is 16.6. The van der Waals surface area contributed by atoms with Gasteiger partial charge in [-0.3, -0.25) is 29.9 Å². The van der Waals surface area contributed by atoms with Crippen LogP contribution in [0.2, 0.25) is 5.02 Å². The average molecular weight is 473 g/mol. The summed E-state index contributed by atoms with van der Waals surface area (Å²) in [7, 11) is 0. The van der Waals surface area contributed by atoms with Crippen molar-refractivity contribution in [1.82, 2.24) is 5.32 Å². The van der Waals surface area contributed by atoms with E-state index < -0.39 is 16.7 Å². The van der Waals surface area contributed by atoms with Crippen molar-refractivity contribution in [3.63, 3.8) is 0 Å². The van der Waals surface area contributed by atoms with Gasteiger partial charge in [0, 0.05) is 24.2 Å². The van der Waals surface area contributed by atoms with Crippen molar-refractivity contribution in [3.05, 3.63) is 68.7 Å². The molecule has 11 heteroatoms. The molecule has 2 aromatic carbocycles. The SMILES string of the molecule is O=C1NC(=S)N(c2ccc(Cl)cc2)C(=O)/C1=C/c1ccc(N2CCOCC2)c([N+](=O)[O-])c1. The summed E-state index contributed by atoms with van der Waals surface area (Å²) in [5.74, 6) is -1.31. The van der Waals surface area contributed by atoms with Crippen molar-refractivity contribution in [2.75, 3.05) is 36.1 Å². The predicted molar refractivity (Wildman–Crippen MR) is 124 cm³/mol. The van der Waals surface area contributed by atoms with Gasteiger partial charge in [0.2, 0.25) is 0 Å². The minimum atomic E-state index is -0.676. The highest BCUT2D eigenvalue weighted by Gasteiger charge is 2.34. The number of nitrogens with zero attached hydrogens (tertiary/aromatic N) is 3. The van der Waals surface area contributed by atoms with Crippen LogP contribution in [-0.2, 0) is 14.3 Å². The van der Waals surface area contributed by atoms with Crippen LogP contribution in [0.5, 0.6) is 0 Å². The minimum Gasteiger partial charge on any atom is -0.378 e. The van der Waals surface area contributed by atoms with Gasteiger partial charge in [-0.25, -0.2) is 0 Å². The van der Waals surface area contributed by atoms with Gasteiger partial charge in [0.25, 0.3) is 17.5 Å². The smallest absolute Gasteiger partial charge is 0.293 e. The van der Waals surface area contributed by atoms with Gasteiger partial charge in [0.15, 0.2) is 5.11 Å². The fourth-order valence-corrected chi connectivity index (χ4v) is 3.90. The molecule has 164 valence electrons. The summed E-state index contributed by atoms with van der Waals surface area (Å²) >= 11 is 11.1. The van der Waals surface area contributed by atoms with E-state index in [4.69, 9.17) is 28.6 Å². The van der Waals surface area contributed by atoms with E-state index in [-0.39, 0.29) is 16.4 Å². The van der Waals surface area contributed by atoms with Crippen molar-refractivity contribution in [2.24, 2.45) is 0 Å². The number of nitro groups is 1. The van der Waals surface area contributed by atoms with Crippen LogP contribution < -0.4 is 15.1 Å². The number of nitrogens with one attached hydrogen (secondary N) is 1. The summed E-state index contributed by atoms with van der Waals surface area (Å²) in [6.07, 6.45) is 1.32. The third kappa shape index (κ3) is 4.33. The molecule has 2 saturated heterocycles. The van der Waals surface area contributed by atoms with Crippen LogP contribution in [0.4, 0.5) is 17.1 Å². The molecular weight excluding hydrogens is 456 g/mol. The maximum absolute atomic E-state index is 13.1. The molecule has 2 amide bonds. The Bertz CT molecular complexity index is 1150. The quantitative estimate of drug-likeness (QED) is 0.240. The Morgan fingerprint density at radius 2 is 1.81 bits per heavy atom. The molecule has 2 aromatic rings. The number of amides is 2. The number of benzene rings is 2. The number of carbonyl (C=O) groups excluding carboxylic acids is 2. The summed E-state index contributed by atoms with van der Waals surface area (Å²) in [5.41, 5.74) is 0.931. The van der Waals surface area contributed by atoms with Gasteiger partial charge in [-0.05, 0) is 54.2 Å². The topological polar surface area (TPSA) is 105 Å². The van der Waals surface area contributed by atoms with Crippen LogP contribution in [0.25, 0.3) is 6.08 Å². The summed E-state index contributed by atoms with van der Waals surface area (Å²) in [4.78, 5) is 39.8. The van der Waals surface area contributed by atoms with Crippen LogP contribution in [0.1, 0.15) is 5.56 Å². The summed E-state index contributed by atoms with van der Waals surface area (Å²) in [6.45, 7) is 2.04. The number of ether oxygens (including phenoxy) is 1. The van der Waals surface area contributed by atoms with E-state index >= 15 is 0 Å². The van der Waals surface area contributed by atoms with Crippen molar-refractivity contribution in [2.45, 2.75) is 0 Å². The second-order valence-corrected chi connectivity index (χ2v) is 7.86. The van der Waals surface area contributed by atoms with E-state index in [1.54, 1.807) is 36.4 Å². The Balaban J connectivity index is 1.69. The fraction of sp³-hybridized carbons (Fsp3) is 0.190. The molecular formula is C21H17ClN4O5S. The van der Waals surface area contributed by atoms with Gasteiger partial charge in [0.1, 0.15) is 11.3 Å². The van der Waals surface area contributed by atoms with E-state index in [9.17, 15) is 19.7 Å². The van der Waals surface area contributed by atoms with Crippen molar-refractivity contribution in [3.8, 4) is 0 Å². The van der Waals surface area contributed by atoms with Crippen LogP contribution in [0.15, 0.2) is 48.0 Å². The number of halogens is 1. The Kier molecular flexibility index (Phi) is 6.17. The highest BCUT2D eigenvalue weighted by atomic mass is 35.5. The van der Waals surface area contributed by atoms with E-state index in [1.807, 2.05) is 4.90 Å². The minimum absolute atomic E-state index is 0.0619. The first-order valence-corrected chi connectivity index (χ1v) is 10.4. The molecule has 0 unspecified atom stereocenters. The van der Waals surface area contributed by atoms with E-state index in [2.05, 4.69) is 5.32 Å². The molecule has 9 nitrogen and oxygen atoms in total. The fourth-order valence-electron chi connectivity index (χ4n) is 3.50. The standard InChI is InChI=1S/C21H17ClN4O5S/c22-14-2-4-15(5-3-14)25-20(28)16(19(27)23-21(25)32)11-13-1-6-17(18(12-13)26(29)30)24-7-9-31-10-8-24/h1-6,11-12H,7-10H2,(H,23,27,32)/b16-11+. The lowest BCUT2D eigenvalue weighted by Gasteiger charge is -2.29. The van der Waals surface area contributed by atoms with Crippen LogP contribution in [0, 0.1) is 10.1 Å². The van der Waals surface area contributed by atoms with Crippen molar-refractivity contribution < 1.29 is 19.2 Å². The zero-order chi connectivity index (χ0) is 22.8. The van der Waals surface area contributed by atoms with Gasteiger partial charge in [-0.1, -0.05) is 17.7 Å². The number of hydrogen-bond donors (Lipinski definition) is 1. The first kappa shape index (κ1) is 21.9. The third-order valence-electron chi connectivity index (χ3n) is 5.05. The van der Waals surface area contributed by atoms with Gasteiger partial charge in [-0.2, -0.15) is 0 Å². The van der Waals surface area contributed by atoms with E-state index in [0.29, 0.717) is 48.3 Å². The monoisotopic (exact) mass is 472 g/mol. The second-order valence-electron chi connectivity index (χ2n) is 7.04. The molecule has 0 spiro atoms. The average Bonchev–Trinajstić information content (AvgIpc) is 2.78. The summed E-state index contributed by atoms with van der Waals surface area (Å²) < 4.78 is 5.31. The summed E-state index contributed by atoms with van der Waals surface area (Å²) in [5, 5.41) is 14.6. The van der Waals surface area contributed by atoms with Crippen molar-refractivity contribution >= 4 is 63.9 Å². The molecule has 0 aliphatic carbocycles. The lowest BCUT2D eigenvalue weighted by molar-refractivity contribution is -0.384. The van der Waals surface area contributed by atoms with Gasteiger partial charge in [-0.15, -0.1) is 0 Å². The molecule has 1 N–H and O–H groups in total. The molecule has 2 fully saturated rings. The van der Waals surface area contributed by atoms with Gasteiger partial charge >= 0.3 is 0 Å².